The predicted molar refractivity (Wildman–Crippen MR) is 69.0 cm³/mol. The van der Waals surface area contributed by atoms with Gasteiger partial charge in [0.25, 0.3) is 0 Å². The number of amides is 1. The number of carbonyl (C=O) groups is 2. The second-order valence-corrected chi connectivity index (χ2v) is 4.21. The fraction of sp³-hybridized carbons (Fsp3) is 0.364. The van der Waals surface area contributed by atoms with Gasteiger partial charge in [-0.3, -0.25) is 9.59 Å². The molecule has 0 bridgehead atoms. The van der Waals surface area contributed by atoms with Crippen LogP contribution in [0.1, 0.15) is 6.92 Å². The summed E-state index contributed by atoms with van der Waals surface area (Å²) in [4.78, 5) is 25.8. The number of pyridine rings is 1. The number of anilines is 1. The molecule has 2 N–H and O–H groups in total. The van der Waals surface area contributed by atoms with Gasteiger partial charge in [-0.05, 0) is 19.1 Å². The van der Waals surface area contributed by atoms with E-state index in [1.165, 1.54) is 0 Å². The summed E-state index contributed by atoms with van der Waals surface area (Å²) in [6.07, 6.45) is 1.57. The second kappa shape index (κ2) is 7.54. The Bertz CT molecular complexity index is 425. The molecule has 1 heterocycles. The van der Waals surface area contributed by atoms with Gasteiger partial charge in [-0.15, -0.1) is 11.8 Å². The van der Waals surface area contributed by atoms with Gasteiger partial charge in [0.1, 0.15) is 5.69 Å². The first-order valence-electron chi connectivity index (χ1n) is 5.30. The third kappa shape index (κ3) is 5.05. The van der Waals surface area contributed by atoms with Crippen LogP contribution in [-0.4, -0.2) is 40.1 Å². The molecule has 0 fully saturated rings. The lowest BCUT2D eigenvalue weighted by atomic mass is 10.4. The highest BCUT2D eigenvalue weighted by Crippen LogP contribution is 2.20. The zero-order chi connectivity index (χ0) is 13.4. The number of carbonyl (C=O) groups excluding carboxylic acids is 1. The first-order valence-corrected chi connectivity index (χ1v) is 6.46. The van der Waals surface area contributed by atoms with Crippen molar-refractivity contribution in [1.82, 2.24) is 4.98 Å². The summed E-state index contributed by atoms with van der Waals surface area (Å²) >= 11 is 1.04. The number of nitrogens with one attached hydrogen (secondary N) is 1. The molecular formula is C11H14N2O4S. The fourth-order valence-corrected chi connectivity index (χ4v) is 1.69. The Balaban J connectivity index is 2.50. The summed E-state index contributed by atoms with van der Waals surface area (Å²) in [5.41, 5.74) is 0.486. The average molecular weight is 270 g/mol. The smallest absolute Gasteiger partial charge is 0.313 e. The Labute approximate surface area is 109 Å². The molecule has 18 heavy (non-hydrogen) atoms. The number of hydrogen-bond donors (Lipinski definition) is 2. The van der Waals surface area contributed by atoms with Crippen LogP contribution in [0.25, 0.3) is 0 Å². The van der Waals surface area contributed by atoms with Crippen LogP contribution in [0.15, 0.2) is 18.3 Å². The van der Waals surface area contributed by atoms with Gasteiger partial charge < -0.3 is 15.2 Å². The highest BCUT2D eigenvalue weighted by atomic mass is 32.2. The van der Waals surface area contributed by atoms with Crippen LogP contribution in [0.2, 0.25) is 0 Å². The molecule has 0 aliphatic carbocycles. The van der Waals surface area contributed by atoms with Crippen LogP contribution in [0, 0.1) is 0 Å². The lowest BCUT2D eigenvalue weighted by molar-refractivity contribution is -0.133. The van der Waals surface area contributed by atoms with Gasteiger partial charge in [0, 0.05) is 6.20 Å². The van der Waals surface area contributed by atoms with Crippen molar-refractivity contribution in [3.63, 3.8) is 0 Å². The number of carboxylic acids is 1. The minimum Gasteiger partial charge on any atom is -0.481 e. The lowest BCUT2D eigenvalue weighted by Crippen LogP contribution is -2.16. The molecule has 0 saturated heterocycles. The summed E-state index contributed by atoms with van der Waals surface area (Å²) in [5, 5.41) is 11.1. The number of nitrogens with zero attached hydrogens (tertiary/aromatic N) is 1. The Morgan fingerprint density at radius 3 is 2.94 bits per heavy atom. The molecule has 0 saturated carbocycles. The number of carboxylic acid groups (broad SMARTS) is 1. The maximum Gasteiger partial charge on any atom is 0.313 e. The predicted octanol–water partition coefficient (Wildman–Crippen LogP) is 1.24. The van der Waals surface area contributed by atoms with E-state index in [1.54, 1.807) is 18.3 Å². The van der Waals surface area contributed by atoms with E-state index in [4.69, 9.17) is 9.84 Å². The topological polar surface area (TPSA) is 88.5 Å². The number of hydrogen-bond acceptors (Lipinski definition) is 5. The van der Waals surface area contributed by atoms with Crippen LogP contribution in [0.5, 0.6) is 5.88 Å². The van der Waals surface area contributed by atoms with E-state index in [2.05, 4.69) is 10.3 Å². The zero-order valence-electron chi connectivity index (χ0n) is 9.88. The van der Waals surface area contributed by atoms with Crippen LogP contribution < -0.4 is 10.1 Å². The van der Waals surface area contributed by atoms with Crippen molar-refractivity contribution in [3.8, 4) is 5.88 Å². The van der Waals surface area contributed by atoms with E-state index in [1.807, 2.05) is 6.92 Å². The number of ether oxygens (including phenoxy) is 1. The molecule has 7 heteroatoms. The van der Waals surface area contributed by atoms with Crippen LogP contribution in [-0.2, 0) is 9.59 Å². The molecule has 1 amide bonds. The van der Waals surface area contributed by atoms with Crippen molar-refractivity contribution in [1.29, 1.82) is 0 Å². The fourth-order valence-electron chi connectivity index (χ4n) is 1.16. The molecule has 0 radical (unpaired) electrons. The first kappa shape index (κ1) is 14.3. The van der Waals surface area contributed by atoms with E-state index in [0.29, 0.717) is 18.2 Å². The number of aliphatic carboxylic acids is 1. The summed E-state index contributed by atoms with van der Waals surface area (Å²) in [7, 11) is 0. The van der Waals surface area contributed by atoms with Crippen molar-refractivity contribution in [3.05, 3.63) is 18.3 Å². The van der Waals surface area contributed by atoms with Crippen molar-refractivity contribution >= 4 is 29.3 Å². The lowest BCUT2D eigenvalue weighted by Gasteiger charge is -2.09. The van der Waals surface area contributed by atoms with Crippen molar-refractivity contribution in [2.45, 2.75) is 6.92 Å². The SMILES string of the molecule is CCOc1ncccc1NC(=O)CSCC(=O)O. The quantitative estimate of drug-likeness (QED) is 0.775. The summed E-state index contributed by atoms with van der Waals surface area (Å²) in [6.45, 7) is 2.27. The van der Waals surface area contributed by atoms with E-state index in [-0.39, 0.29) is 17.4 Å². The first-order chi connectivity index (χ1) is 8.63. The van der Waals surface area contributed by atoms with Gasteiger partial charge in [-0.2, -0.15) is 0 Å². The van der Waals surface area contributed by atoms with Gasteiger partial charge in [0.05, 0.1) is 18.1 Å². The maximum absolute atomic E-state index is 11.5. The molecule has 0 unspecified atom stereocenters. The van der Waals surface area contributed by atoms with Crippen molar-refractivity contribution in [2.24, 2.45) is 0 Å². The van der Waals surface area contributed by atoms with Crippen molar-refractivity contribution in [2.75, 3.05) is 23.4 Å². The molecule has 1 rings (SSSR count). The van der Waals surface area contributed by atoms with Crippen LogP contribution in [0.3, 0.4) is 0 Å². The number of rotatable bonds is 7. The molecule has 6 nitrogen and oxygen atoms in total. The summed E-state index contributed by atoms with van der Waals surface area (Å²) in [6, 6.07) is 3.36. The van der Waals surface area contributed by atoms with Gasteiger partial charge in [-0.25, -0.2) is 4.98 Å². The largest absolute Gasteiger partial charge is 0.481 e. The van der Waals surface area contributed by atoms with E-state index >= 15 is 0 Å². The molecule has 0 aliphatic heterocycles. The molecule has 0 atom stereocenters. The number of thioether (sulfide) groups is 1. The molecule has 98 valence electrons. The highest BCUT2D eigenvalue weighted by molar-refractivity contribution is 8.00. The average Bonchev–Trinajstić information content (AvgIpc) is 2.31. The Morgan fingerprint density at radius 1 is 1.50 bits per heavy atom. The third-order valence-electron chi connectivity index (χ3n) is 1.78. The molecule has 0 aromatic carbocycles. The monoisotopic (exact) mass is 270 g/mol. The second-order valence-electron chi connectivity index (χ2n) is 3.22. The molecule has 0 aliphatic rings. The van der Waals surface area contributed by atoms with Gasteiger partial charge >= 0.3 is 5.97 Å². The normalized spacial score (nSPS) is 9.83. The Hall–Kier alpha value is -1.76. The minimum atomic E-state index is -0.941. The van der Waals surface area contributed by atoms with Gasteiger partial charge in [0.15, 0.2) is 0 Å². The molecule has 1 aromatic heterocycles. The van der Waals surface area contributed by atoms with Gasteiger partial charge in [-0.1, -0.05) is 0 Å². The van der Waals surface area contributed by atoms with E-state index in [9.17, 15) is 9.59 Å². The third-order valence-corrected chi connectivity index (χ3v) is 2.70. The van der Waals surface area contributed by atoms with Crippen LogP contribution >= 0.6 is 11.8 Å². The Morgan fingerprint density at radius 2 is 2.28 bits per heavy atom. The van der Waals surface area contributed by atoms with Gasteiger partial charge in [0.2, 0.25) is 11.8 Å². The molecule has 0 spiro atoms. The maximum atomic E-state index is 11.5. The minimum absolute atomic E-state index is 0.0762. The number of aromatic nitrogens is 1. The van der Waals surface area contributed by atoms with Crippen molar-refractivity contribution < 1.29 is 19.4 Å². The van der Waals surface area contributed by atoms with E-state index in [0.717, 1.165) is 11.8 Å². The summed E-state index contributed by atoms with van der Waals surface area (Å²) < 4.78 is 5.25. The Kier molecular flexibility index (Phi) is 5.99. The zero-order valence-corrected chi connectivity index (χ0v) is 10.7. The van der Waals surface area contributed by atoms with Crippen LogP contribution in [0.4, 0.5) is 5.69 Å². The van der Waals surface area contributed by atoms with E-state index < -0.39 is 5.97 Å². The highest BCUT2D eigenvalue weighted by Gasteiger charge is 2.09. The molecular weight excluding hydrogens is 256 g/mol. The summed E-state index contributed by atoms with van der Waals surface area (Å²) in [5.74, 6) is -0.887. The standard InChI is InChI=1S/C11H14N2O4S/c1-2-17-11-8(4-3-5-12-11)13-9(14)6-18-7-10(15)16/h3-5H,2,6-7H2,1H3,(H,13,14)(H,15,16). The molecule has 1 aromatic rings.